The van der Waals surface area contributed by atoms with E-state index < -0.39 is 23.6 Å². The van der Waals surface area contributed by atoms with Crippen LogP contribution in [0.25, 0.3) is 22.6 Å². The summed E-state index contributed by atoms with van der Waals surface area (Å²) >= 11 is 0. The van der Waals surface area contributed by atoms with Gasteiger partial charge in [-0.25, -0.2) is 4.79 Å². The van der Waals surface area contributed by atoms with E-state index in [1.807, 2.05) is 0 Å². The Morgan fingerprint density at radius 2 is 1.70 bits per heavy atom. The Kier molecular flexibility index (Phi) is 5.54. The van der Waals surface area contributed by atoms with Crippen molar-refractivity contribution in [2.45, 2.75) is 6.36 Å². The molecular weight excluding hydrogens is 443 g/mol. The van der Waals surface area contributed by atoms with Crippen molar-refractivity contribution in [3.8, 4) is 34.1 Å². The Labute approximate surface area is 184 Å². The molecule has 0 atom stereocenters. The second-order valence-corrected chi connectivity index (χ2v) is 6.79. The van der Waals surface area contributed by atoms with Crippen molar-refractivity contribution in [1.29, 1.82) is 0 Å². The zero-order valence-electron chi connectivity index (χ0n) is 17.3. The second-order valence-electron chi connectivity index (χ2n) is 6.79. The number of halogens is 3. The number of ether oxygens (including phenoxy) is 3. The van der Waals surface area contributed by atoms with E-state index in [2.05, 4.69) is 9.84 Å². The van der Waals surface area contributed by atoms with Crippen LogP contribution in [0, 0.1) is 0 Å². The lowest BCUT2D eigenvalue weighted by Gasteiger charge is -2.14. The molecule has 0 fully saturated rings. The maximum atomic E-state index is 13.1. The minimum Gasteiger partial charge on any atom is -0.497 e. The Morgan fingerprint density at radius 3 is 2.33 bits per heavy atom. The zero-order chi connectivity index (χ0) is 23.8. The summed E-state index contributed by atoms with van der Waals surface area (Å²) in [6, 6.07) is 11.6. The molecule has 0 aromatic heterocycles. The van der Waals surface area contributed by atoms with E-state index in [1.165, 1.54) is 43.3 Å². The van der Waals surface area contributed by atoms with Crippen molar-refractivity contribution < 1.29 is 32.2 Å². The second kappa shape index (κ2) is 8.34. The first-order valence-corrected chi connectivity index (χ1v) is 9.44. The molecule has 2 heterocycles. The Bertz CT molecular complexity index is 1340. The van der Waals surface area contributed by atoms with Crippen LogP contribution in [0.2, 0.25) is 0 Å². The van der Waals surface area contributed by atoms with Crippen LogP contribution in [0.5, 0.6) is 11.5 Å². The number of hydrogen-bond acceptors (Lipinski definition) is 6. The summed E-state index contributed by atoms with van der Waals surface area (Å²) in [4.78, 5) is 25.5. The predicted octanol–water partition coefficient (Wildman–Crippen LogP) is 3.82. The molecule has 170 valence electrons. The smallest absolute Gasteiger partial charge is 0.497 e. The highest BCUT2D eigenvalue weighted by atomic mass is 19.4. The number of methoxy groups -OCH3 is 2. The average molecular weight is 459 g/mol. The predicted molar refractivity (Wildman–Crippen MR) is 110 cm³/mol. The van der Waals surface area contributed by atoms with Crippen LogP contribution in [0.15, 0.2) is 65.7 Å². The van der Waals surface area contributed by atoms with Crippen molar-refractivity contribution in [2.75, 3.05) is 14.2 Å². The van der Waals surface area contributed by atoms with Gasteiger partial charge in [-0.1, -0.05) is 6.07 Å². The number of carbonyl (C=O) groups excluding carboxylic acids is 1. The van der Waals surface area contributed by atoms with E-state index >= 15 is 0 Å². The lowest BCUT2D eigenvalue weighted by molar-refractivity contribution is -0.274. The van der Waals surface area contributed by atoms with Crippen LogP contribution in [0.1, 0.15) is 10.4 Å². The summed E-state index contributed by atoms with van der Waals surface area (Å²) in [7, 11) is 2.67. The lowest BCUT2D eigenvalue weighted by atomic mass is 10.1. The molecule has 2 aromatic carbocycles. The Balaban J connectivity index is 1.89. The van der Waals surface area contributed by atoms with E-state index in [0.29, 0.717) is 11.4 Å². The van der Waals surface area contributed by atoms with E-state index in [4.69, 9.17) is 9.47 Å². The fourth-order valence-electron chi connectivity index (χ4n) is 3.25. The molecule has 4 rings (SSSR count). The number of nitrogens with zero attached hydrogens (tertiary/aromatic N) is 3. The molecule has 2 aromatic rings. The molecule has 33 heavy (non-hydrogen) atoms. The van der Waals surface area contributed by atoms with Gasteiger partial charge in [0.05, 0.1) is 25.5 Å². The van der Waals surface area contributed by atoms with Crippen LogP contribution in [-0.2, 0) is 4.74 Å². The number of rotatable bonds is 5. The number of alkyl halides is 3. The number of fused-ring (bicyclic) bond motifs is 1. The largest absolute Gasteiger partial charge is 0.573 e. The van der Waals surface area contributed by atoms with Gasteiger partial charge in [0.2, 0.25) is 0 Å². The Hall–Kier alpha value is -4.28. The molecule has 0 N–H and O–H groups in total. The van der Waals surface area contributed by atoms with Gasteiger partial charge in [-0.15, -0.1) is 13.2 Å². The minimum absolute atomic E-state index is 0.0403. The van der Waals surface area contributed by atoms with Crippen molar-refractivity contribution >= 4 is 5.97 Å². The molecule has 0 amide bonds. The number of hydrogen-bond donors (Lipinski definition) is 0. The Morgan fingerprint density at radius 1 is 0.970 bits per heavy atom. The van der Waals surface area contributed by atoms with Crippen LogP contribution in [0.4, 0.5) is 13.2 Å². The lowest BCUT2D eigenvalue weighted by Crippen LogP contribution is -2.17. The van der Waals surface area contributed by atoms with Gasteiger partial charge in [-0.2, -0.15) is 9.78 Å². The van der Waals surface area contributed by atoms with Crippen LogP contribution < -0.4 is 15.0 Å². The third-order valence-corrected chi connectivity index (χ3v) is 4.74. The van der Waals surface area contributed by atoms with E-state index in [-0.39, 0.29) is 22.5 Å². The first-order valence-electron chi connectivity index (χ1n) is 9.44. The maximum absolute atomic E-state index is 13.1. The van der Waals surface area contributed by atoms with Crippen LogP contribution >= 0.6 is 0 Å². The summed E-state index contributed by atoms with van der Waals surface area (Å²) < 4.78 is 54.2. The molecule has 11 heteroatoms. The van der Waals surface area contributed by atoms with E-state index in [9.17, 15) is 22.8 Å². The zero-order valence-corrected chi connectivity index (χ0v) is 17.3. The quantitative estimate of drug-likeness (QED) is 0.422. The summed E-state index contributed by atoms with van der Waals surface area (Å²) in [5.41, 5.74) is 0.233. The highest BCUT2D eigenvalue weighted by Crippen LogP contribution is 2.28. The fraction of sp³-hybridized carbons (Fsp3) is 0.136. The number of carbonyl (C=O) groups is 1. The van der Waals surface area contributed by atoms with Crippen molar-refractivity contribution in [1.82, 2.24) is 14.3 Å². The highest BCUT2D eigenvalue weighted by molar-refractivity contribution is 5.96. The molecule has 0 aliphatic carbocycles. The van der Waals surface area contributed by atoms with E-state index in [1.54, 1.807) is 24.3 Å². The van der Waals surface area contributed by atoms with Gasteiger partial charge in [-0.3, -0.25) is 4.79 Å². The van der Waals surface area contributed by atoms with Gasteiger partial charge in [0.15, 0.2) is 0 Å². The maximum Gasteiger partial charge on any atom is 0.573 e. The van der Waals surface area contributed by atoms with Crippen LogP contribution in [-0.4, -0.2) is 40.9 Å². The van der Waals surface area contributed by atoms with Crippen molar-refractivity contribution in [3.05, 3.63) is 76.8 Å². The molecule has 2 aliphatic heterocycles. The fourth-order valence-corrected chi connectivity index (χ4v) is 3.25. The topological polar surface area (TPSA) is 84.6 Å². The first kappa shape index (κ1) is 21.9. The van der Waals surface area contributed by atoms with Gasteiger partial charge in [0.1, 0.15) is 22.8 Å². The summed E-state index contributed by atoms with van der Waals surface area (Å²) in [6.45, 7) is 0. The van der Waals surface area contributed by atoms with Crippen molar-refractivity contribution in [2.24, 2.45) is 0 Å². The molecule has 0 spiro atoms. The number of pyridine rings is 1. The van der Waals surface area contributed by atoms with Gasteiger partial charge in [-0.05, 0) is 36.4 Å². The molecule has 0 saturated heterocycles. The molecule has 0 saturated carbocycles. The molecular formula is C22H16F3N3O5. The monoisotopic (exact) mass is 459 g/mol. The van der Waals surface area contributed by atoms with Gasteiger partial charge in [0, 0.05) is 24.1 Å². The van der Waals surface area contributed by atoms with Crippen molar-refractivity contribution in [3.63, 3.8) is 0 Å². The number of aromatic nitrogens is 3. The molecule has 0 bridgehead atoms. The number of esters is 1. The van der Waals surface area contributed by atoms with Gasteiger partial charge in [0.25, 0.3) is 5.56 Å². The highest BCUT2D eigenvalue weighted by Gasteiger charge is 2.31. The summed E-state index contributed by atoms with van der Waals surface area (Å²) in [5.74, 6) is -0.642. The molecule has 2 aliphatic rings. The van der Waals surface area contributed by atoms with E-state index in [0.717, 1.165) is 16.8 Å². The third-order valence-electron chi connectivity index (χ3n) is 4.74. The first-order chi connectivity index (χ1) is 15.7. The van der Waals surface area contributed by atoms with Crippen LogP contribution in [0.3, 0.4) is 0 Å². The SMILES string of the molecule is COC(=O)c1cn(-c2cccc(OC(F)(F)F)c2)cc2c(=O)n(-c3ccc(OC)cc3)nc1-2. The van der Waals surface area contributed by atoms with Gasteiger partial charge >= 0.3 is 12.3 Å². The average Bonchev–Trinajstić information content (AvgIpc) is 3.13. The number of benzene rings is 2. The molecule has 0 unspecified atom stereocenters. The normalized spacial score (nSPS) is 11.4. The molecule has 8 nitrogen and oxygen atoms in total. The summed E-state index contributed by atoms with van der Waals surface area (Å²) in [6.07, 6.45) is -2.17. The summed E-state index contributed by atoms with van der Waals surface area (Å²) in [5, 5.41) is 4.28. The standard InChI is InChI=1S/C22H16F3N3O5/c1-31-15-8-6-13(7-9-15)28-20(29)17-11-27(12-18(19(17)26-28)21(30)32-2)14-4-3-5-16(10-14)33-22(23,24)25/h3-12H,1-2H3. The third kappa shape index (κ3) is 4.38. The van der Waals surface area contributed by atoms with Gasteiger partial charge < -0.3 is 18.8 Å². The molecule has 0 radical (unpaired) electrons. The minimum atomic E-state index is -4.87.